The van der Waals surface area contributed by atoms with E-state index in [0.29, 0.717) is 45.0 Å². The molecule has 0 bridgehead atoms. The van der Waals surface area contributed by atoms with Crippen LogP contribution >= 0.6 is 0 Å². The second-order valence-corrected chi connectivity index (χ2v) is 9.38. The van der Waals surface area contributed by atoms with Gasteiger partial charge in [0.25, 0.3) is 10.0 Å². The Balaban J connectivity index is 1.66. The van der Waals surface area contributed by atoms with Crippen molar-refractivity contribution in [2.75, 3.05) is 62.6 Å². The van der Waals surface area contributed by atoms with E-state index in [-0.39, 0.29) is 28.6 Å². The normalized spacial score (nSPS) is 14.6. The summed E-state index contributed by atoms with van der Waals surface area (Å²) in [4.78, 5) is 27.6. The minimum absolute atomic E-state index is 0.0866. The van der Waals surface area contributed by atoms with Gasteiger partial charge in [0.05, 0.1) is 29.3 Å². The maximum absolute atomic E-state index is 13.1. The van der Waals surface area contributed by atoms with Crippen LogP contribution in [0.5, 0.6) is 0 Å². The number of carboxylic acid groups (broad SMARTS) is 1. The van der Waals surface area contributed by atoms with E-state index >= 15 is 0 Å². The maximum atomic E-state index is 13.1. The van der Waals surface area contributed by atoms with Crippen LogP contribution in [0, 0.1) is 5.82 Å². The van der Waals surface area contributed by atoms with Crippen LogP contribution in [0.15, 0.2) is 47.4 Å². The number of carbonyl (C=O) groups excluding carboxylic acids is 1. The van der Waals surface area contributed by atoms with Gasteiger partial charge in [-0.25, -0.2) is 17.6 Å². The number of methoxy groups -OCH3 is 1. The summed E-state index contributed by atoms with van der Waals surface area (Å²) in [5.74, 6) is -1.96. The van der Waals surface area contributed by atoms with Crippen LogP contribution in [0.25, 0.3) is 0 Å². The van der Waals surface area contributed by atoms with Crippen molar-refractivity contribution in [3.05, 3.63) is 53.8 Å². The minimum Gasteiger partial charge on any atom is -0.478 e. The van der Waals surface area contributed by atoms with E-state index in [0.717, 1.165) is 24.3 Å². The van der Waals surface area contributed by atoms with E-state index < -0.39 is 21.8 Å². The Labute approximate surface area is 197 Å². The molecule has 0 unspecified atom stereocenters. The van der Waals surface area contributed by atoms with Gasteiger partial charge in [0.15, 0.2) is 0 Å². The first-order valence-electron chi connectivity index (χ1n) is 10.6. The summed E-state index contributed by atoms with van der Waals surface area (Å²) >= 11 is 0. The van der Waals surface area contributed by atoms with Crippen LogP contribution in [-0.4, -0.2) is 83.3 Å². The molecule has 0 atom stereocenters. The first-order valence-corrected chi connectivity index (χ1v) is 12.1. The zero-order chi connectivity index (χ0) is 24.7. The van der Waals surface area contributed by atoms with Crippen LogP contribution in [0.3, 0.4) is 0 Å². The predicted octanol–water partition coefficient (Wildman–Crippen LogP) is 1.21. The van der Waals surface area contributed by atoms with Crippen molar-refractivity contribution >= 4 is 33.3 Å². The number of nitrogens with zero attached hydrogens (tertiary/aromatic N) is 2. The lowest BCUT2D eigenvalue weighted by molar-refractivity contribution is -0.122. The van der Waals surface area contributed by atoms with Crippen molar-refractivity contribution in [2.45, 2.75) is 4.90 Å². The van der Waals surface area contributed by atoms with Gasteiger partial charge in [-0.3, -0.25) is 14.4 Å². The lowest BCUT2D eigenvalue weighted by Crippen LogP contribution is -2.49. The molecular formula is C22H27FN4O6S. The average Bonchev–Trinajstić information content (AvgIpc) is 2.80. The molecule has 0 radical (unpaired) electrons. The molecule has 1 aliphatic rings. The number of hydrogen-bond donors (Lipinski definition) is 3. The highest BCUT2D eigenvalue weighted by molar-refractivity contribution is 7.92. The molecule has 0 spiro atoms. The Morgan fingerprint density at radius 1 is 1.09 bits per heavy atom. The number of aromatic carboxylic acids is 1. The number of nitrogens with one attached hydrogen (secondary N) is 2. The van der Waals surface area contributed by atoms with Crippen molar-refractivity contribution in [1.29, 1.82) is 0 Å². The van der Waals surface area contributed by atoms with E-state index in [2.05, 4.69) is 10.0 Å². The predicted molar refractivity (Wildman–Crippen MR) is 124 cm³/mol. The van der Waals surface area contributed by atoms with Gasteiger partial charge in [-0.15, -0.1) is 0 Å². The Hall–Kier alpha value is -3.22. The van der Waals surface area contributed by atoms with Gasteiger partial charge in [0, 0.05) is 45.5 Å². The monoisotopic (exact) mass is 494 g/mol. The van der Waals surface area contributed by atoms with Crippen molar-refractivity contribution in [3.8, 4) is 0 Å². The molecule has 3 rings (SSSR count). The molecule has 2 aromatic carbocycles. The second-order valence-electron chi connectivity index (χ2n) is 7.70. The third-order valence-corrected chi connectivity index (χ3v) is 6.72. The van der Waals surface area contributed by atoms with E-state index in [1.165, 1.54) is 12.1 Å². The SMILES string of the molecule is COCCNC(=O)CN1CCN(c2ccc(NS(=O)(=O)c3ccc(F)cc3)c(C(=O)O)c2)CC1. The molecule has 12 heteroatoms. The smallest absolute Gasteiger partial charge is 0.337 e. The number of benzene rings is 2. The molecule has 0 aliphatic carbocycles. The fourth-order valence-corrected chi connectivity index (χ4v) is 4.61. The fraction of sp³-hybridized carbons (Fsp3) is 0.364. The van der Waals surface area contributed by atoms with E-state index in [9.17, 15) is 27.5 Å². The van der Waals surface area contributed by atoms with Gasteiger partial charge < -0.3 is 20.1 Å². The molecule has 1 aliphatic heterocycles. The third kappa shape index (κ3) is 6.65. The standard InChI is InChI=1S/C22H27FN4O6S/c1-33-13-8-24-21(28)15-26-9-11-27(12-10-26)17-4-7-20(19(14-17)22(29)30)25-34(31,32)18-5-2-16(23)3-6-18/h2-7,14,25H,8-13,15H2,1H3,(H,24,28)(H,29,30). The Kier molecular flexibility index (Phi) is 8.42. The highest BCUT2D eigenvalue weighted by Gasteiger charge is 2.23. The summed E-state index contributed by atoms with van der Waals surface area (Å²) in [7, 11) is -2.53. The lowest BCUT2D eigenvalue weighted by Gasteiger charge is -2.36. The molecule has 184 valence electrons. The average molecular weight is 495 g/mol. The highest BCUT2D eigenvalue weighted by atomic mass is 32.2. The molecule has 2 aromatic rings. The van der Waals surface area contributed by atoms with Gasteiger partial charge >= 0.3 is 5.97 Å². The van der Waals surface area contributed by atoms with Gasteiger partial charge in [-0.05, 0) is 42.5 Å². The minimum atomic E-state index is -4.10. The van der Waals surface area contributed by atoms with Crippen LogP contribution < -0.4 is 14.9 Å². The molecule has 0 saturated carbocycles. The molecular weight excluding hydrogens is 467 g/mol. The number of amides is 1. The zero-order valence-electron chi connectivity index (χ0n) is 18.7. The molecule has 34 heavy (non-hydrogen) atoms. The molecule has 10 nitrogen and oxygen atoms in total. The quantitative estimate of drug-likeness (QED) is 0.421. The number of anilines is 2. The number of ether oxygens (including phenoxy) is 1. The Morgan fingerprint density at radius 2 is 1.76 bits per heavy atom. The number of hydrogen-bond acceptors (Lipinski definition) is 7. The number of rotatable bonds is 10. The first kappa shape index (κ1) is 25.4. The van der Waals surface area contributed by atoms with Gasteiger partial charge in [0.1, 0.15) is 5.82 Å². The summed E-state index contributed by atoms with van der Waals surface area (Å²) in [5.41, 5.74) is 0.335. The second kappa shape index (κ2) is 11.3. The van der Waals surface area contributed by atoms with Crippen LogP contribution in [0.1, 0.15) is 10.4 Å². The number of piperazine rings is 1. The van der Waals surface area contributed by atoms with Crippen molar-refractivity contribution < 1.29 is 32.2 Å². The van der Waals surface area contributed by atoms with Gasteiger partial charge in [-0.2, -0.15) is 0 Å². The zero-order valence-corrected chi connectivity index (χ0v) is 19.5. The Morgan fingerprint density at radius 3 is 2.38 bits per heavy atom. The molecule has 3 N–H and O–H groups in total. The number of carbonyl (C=O) groups is 2. The number of halogens is 1. The number of carboxylic acids is 1. The van der Waals surface area contributed by atoms with Crippen molar-refractivity contribution in [2.24, 2.45) is 0 Å². The van der Waals surface area contributed by atoms with Crippen LogP contribution in [-0.2, 0) is 19.6 Å². The van der Waals surface area contributed by atoms with Crippen LogP contribution in [0.4, 0.5) is 15.8 Å². The van der Waals surface area contributed by atoms with Crippen LogP contribution in [0.2, 0.25) is 0 Å². The van der Waals surface area contributed by atoms with E-state index in [1.807, 2.05) is 9.80 Å². The molecule has 1 fully saturated rings. The largest absolute Gasteiger partial charge is 0.478 e. The third-order valence-electron chi connectivity index (χ3n) is 5.33. The molecule has 1 saturated heterocycles. The van der Waals surface area contributed by atoms with Crippen molar-refractivity contribution in [1.82, 2.24) is 10.2 Å². The summed E-state index contributed by atoms with van der Waals surface area (Å²) in [5, 5.41) is 12.4. The lowest BCUT2D eigenvalue weighted by atomic mass is 10.1. The first-order chi connectivity index (χ1) is 16.2. The highest BCUT2D eigenvalue weighted by Crippen LogP contribution is 2.26. The molecule has 1 amide bonds. The van der Waals surface area contributed by atoms with Gasteiger partial charge in [-0.1, -0.05) is 0 Å². The summed E-state index contributed by atoms with van der Waals surface area (Å²) < 4.78 is 45.5. The fourth-order valence-electron chi connectivity index (χ4n) is 3.53. The van der Waals surface area contributed by atoms with E-state index in [1.54, 1.807) is 13.2 Å². The van der Waals surface area contributed by atoms with Crippen molar-refractivity contribution in [3.63, 3.8) is 0 Å². The summed E-state index contributed by atoms with van der Waals surface area (Å²) in [6.07, 6.45) is 0. The van der Waals surface area contributed by atoms with E-state index in [4.69, 9.17) is 4.74 Å². The molecule has 0 aromatic heterocycles. The summed E-state index contributed by atoms with van der Waals surface area (Å²) in [6.45, 7) is 3.53. The Bertz CT molecular complexity index is 1120. The number of sulfonamides is 1. The summed E-state index contributed by atoms with van der Waals surface area (Å²) in [6, 6.07) is 8.68. The topological polar surface area (TPSA) is 128 Å². The maximum Gasteiger partial charge on any atom is 0.337 e. The molecule has 1 heterocycles. The van der Waals surface area contributed by atoms with Gasteiger partial charge in [0.2, 0.25) is 5.91 Å².